The number of hydrogen-bond donors (Lipinski definition) is 2. The summed E-state index contributed by atoms with van der Waals surface area (Å²) in [6, 6.07) is 15.7. The average Bonchev–Trinajstić information content (AvgIpc) is 3.00. The molecule has 0 bridgehead atoms. The highest BCUT2D eigenvalue weighted by atomic mass is 32.1. The van der Waals surface area contributed by atoms with Crippen LogP contribution in [-0.4, -0.2) is 33.0 Å². The topological polar surface area (TPSA) is 79.8 Å². The maximum atomic E-state index is 12.7. The van der Waals surface area contributed by atoms with Gasteiger partial charge in [-0.1, -0.05) is 48.5 Å². The van der Waals surface area contributed by atoms with E-state index in [-0.39, 0.29) is 11.7 Å². The zero-order chi connectivity index (χ0) is 18.5. The number of carbonyl (C=O) groups is 2. The van der Waals surface area contributed by atoms with Crippen molar-refractivity contribution in [2.24, 2.45) is 7.05 Å². The van der Waals surface area contributed by atoms with Gasteiger partial charge in [0.05, 0.1) is 5.56 Å². The third-order valence-electron chi connectivity index (χ3n) is 4.06. The van der Waals surface area contributed by atoms with Gasteiger partial charge in [-0.25, -0.2) is 0 Å². The molecular weight excluding hydrogens is 348 g/mol. The zero-order valence-electron chi connectivity index (χ0n) is 14.2. The van der Waals surface area contributed by atoms with Gasteiger partial charge < -0.3 is 9.88 Å². The van der Waals surface area contributed by atoms with Crippen LogP contribution in [0, 0.1) is 4.77 Å². The number of amides is 1. The standard InChI is InChI=1S/C19H18N4O2S/c1-23-16(21-22-19(23)26)11-12-20-18(25)15-10-6-5-9-14(15)17(24)13-7-3-2-4-8-13/h2-10H,11-12H2,1H3,(H,20,25)(H,22,26). The molecule has 2 aromatic carbocycles. The number of aromatic amines is 1. The largest absolute Gasteiger partial charge is 0.352 e. The summed E-state index contributed by atoms with van der Waals surface area (Å²) in [7, 11) is 1.82. The van der Waals surface area contributed by atoms with E-state index in [1.807, 2.05) is 13.1 Å². The van der Waals surface area contributed by atoms with Crippen LogP contribution in [-0.2, 0) is 13.5 Å². The van der Waals surface area contributed by atoms with E-state index in [1.165, 1.54) is 0 Å². The normalized spacial score (nSPS) is 10.5. The fourth-order valence-electron chi connectivity index (χ4n) is 2.61. The van der Waals surface area contributed by atoms with Crippen LogP contribution in [0.4, 0.5) is 0 Å². The SMILES string of the molecule is Cn1c(CCNC(=O)c2ccccc2C(=O)c2ccccc2)n[nH]c1=S. The van der Waals surface area contributed by atoms with E-state index in [4.69, 9.17) is 12.2 Å². The first-order chi connectivity index (χ1) is 12.6. The van der Waals surface area contributed by atoms with Gasteiger partial charge in [0.15, 0.2) is 10.6 Å². The Balaban J connectivity index is 1.73. The highest BCUT2D eigenvalue weighted by Gasteiger charge is 2.17. The van der Waals surface area contributed by atoms with Gasteiger partial charge in [-0.15, -0.1) is 0 Å². The van der Waals surface area contributed by atoms with Crippen LogP contribution < -0.4 is 5.32 Å². The number of rotatable bonds is 6. The Labute approximate surface area is 155 Å². The number of carbonyl (C=O) groups excluding carboxylic acids is 2. The Morgan fingerprint density at radius 2 is 1.73 bits per heavy atom. The lowest BCUT2D eigenvalue weighted by Crippen LogP contribution is -2.28. The molecule has 0 aliphatic heterocycles. The van der Waals surface area contributed by atoms with E-state index in [0.29, 0.717) is 34.4 Å². The van der Waals surface area contributed by atoms with Crippen LogP contribution in [0.15, 0.2) is 54.6 Å². The Morgan fingerprint density at radius 3 is 2.38 bits per heavy atom. The van der Waals surface area contributed by atoms with Crippen LogP contribution in [0.25, 0.3) is 0 Å². The third-order valence-corrected chi connectivity index (χ3v) is 4.42. The number of hydrogen-bond acceptors (Lipinski definition) is 4. The number of ketones is 1. The molecule has 0 radical (unpaired) electrons. The molecule has 26 heavy (non-hydrogen) atoms. The molecule has 2 N–H and O–H groups in total. The third kappa shape index (κ3) is 3.78. The van der Waals surface area contributed by atoms with Crippen molar-refractivity contribution in [3.63, 3.8) is 0 Å². The van der Waals surface area contributed by atoms with Crippen LogP contribution in [0.1, 0.15) is 32.1 Å². The predicted molar refractivity (Wildman–Crippen MR) is 101 cm³/mol. The van der Waals surface area contributed by atoms with Gasteiger partial charge in [0.1, 0.15) is 5.82 Å². The molecule has 0 saturated carbocycles. The lowest BCUT2D eigenvalue weighted by Gasteiger charge is -2.09. The molecule has 0 aliphatic rings. The maximum absolute atomic E-state index is 12.7. The molecule has 6 nitrogen and oxygen atoms in total. The zero-order valence-corrected chi connectivity index (χ0v) is 15.0. The molecule has 0 saturated heterocycles. The van der Waals surface area contributed by atoms with E-state index in [2.05, 4.69) is 15.5 Å². The molecule has 132 valence electrons. The van der Waals surface area contributed by atoms with Crippen LogP contribution in [0.2, 0.25) is 0 Å². The Bertz CT molecular complexity index is 992. The van der Waals surface area contributed by atoms with E-state index >= 15 is 0 Å². The van der Waals surface area contributed by atoms with Gasteiger partial charge in [-0.3, -0.25) is 14.7 Å². The van der Waals surface area contributed by atoms with Crippen LogP contribution >= 0.6 is 12.2 Å². The minimum atomic E-state index is -0.290. The Hall–Kier alpha value is -3.06. The lowest BCUT2D eigenvalue weighted by molar-refractivity contribution is 0.0942. The van der Waals surface area contributed by atoms with Gasteiger partial charge in [0, 0.05) is 31.1 Å². The van der Waals surface area contributed by atoms with E-state index in [1.54, 1.807) is 53.1 Å². The molecule has 3 rings (SSSR count). The summed E-state index contributed by atoms with van der Waals surface area (Å²) in [5.74, 6) is 0.288. The molecule has 0 spiro atoms. The maximum Gasteiger partial charge on any atom is 0.252 e. The molecule has 3 aromatic rings. The number of nitrogens with zero attached hydrogens (tertiary/aromatic N) is 2. The van der Waals surface area contributed by atoms with Crippen molar-refractivity contribution in [1.82, 2.24) is 20.1 Å². The van der Waals surface area contributed by atoms with Crippen molar-refractivity contribution in [1.29, 1.82) is 0 Å². The van der Waals surface area contributed by atoms with Gasteiger partial charge >= 0.3 is 0 Å². The molecule has 0 fully saturated rings. The summed E-state index contributed by atoms with van der Waals surface area (Å²) in [6.45, 7) is 0.389. The summed E-state index contributed by atoms with van der Waals surface area (Å²) in [5, 5.41) is 9.66. The predicted octanol–water partition coefficient (Wildman–Crippen LogP) is 2.68. The first-order valence-electron chi connectivity index (χ1n) is 8.15. The second-order valence-electron chi connectivity index (χ2n) is 5.75. The van der Waals surface area contributed by atoms with Crippen molar-refractivity contribution in [2.45, 2.75) is 6.42 Å². The van der Waals surface area contributed by atoms with Crippen molar-refractivity contribution in [3.05, 3.63) is 81.9 Å². The summed E-state index contributed by atoms with van der Waals surface area (Å²) in [4.78, 5) is 25.3. The fourth-order valence-corrected chi connectivity index (χ4v) is 2.76. The average molecular weight is 366 g/mol. The minimum Gasteiger partial charge on any atom is -0.352 e. The van der Waals surface area contributed by atoms with Gasteiger partial charge in [-0.05, 0) is 18.3 Å². The van der Waals surface area contributed by atoms with Gasteiger partial charge in [-0.2, -0.15) is 5.10 Å². The lowest BCUT2D eigenvalue weighted by atomic mass is 9.98. The molecule has 1 aromatic heterocycles. The number of benzene rings is 2. The van der Waals surface area contributed by atoms with Gasteiger partial charge in [0.25, 0.3) is 5.91 Å². The molecule has 0 atom stereocenters. The summed E-state index contributed by atoms with van der Waals surface area (Å²) in [5.41, 5.74) is 1.29. The van der Waals surface area contributed by atoms with Crippen LogP contribution in [0.5, 0.6) is 0 Å². The molecule has 0 aliphatic carbocycles. The monoisotopic (exact) mass is 366 g/mol. The molecule has 1 amide bonds. The number of H-pyrrole nitrogens is 1. The van der Waals surface area contributed by atoms with E-state index < -0.39 is 0 Å². The molecule has 1 heterocycles. The first-order valence-corrected chi connectivity index (χ1v) is 8.56. The van der Waals surface area contributed by atoms with Crippen molar-refractivity contribution < 1.29 is 9.59 Å². The van der Waals surface area contributed by atoms with E-state index in [9.17, 15) is 9.59 Å². The quantitative estimate of drug-likeness (QED) is 0.519. The van der Waals surface area contributed by atoms with Crippen molar-refractivity contribution >= 4 is 23.9 Å². The Kier molecular flexibility index (Phi) is 5.38. The number of aromatic nitrogens is 3. The van der Waals surface area contributed by atoms with Crippen molar-refractivity contribution in [3.8, 4) is 0 Å². The number of nitrogens with one attached hydrogen (secondary N) is 2. The molecular formula is C19H18N4O2S. The van der Waals surface area contributed by atoms with Crippen LogP contribution in [0.3, 0.4) is 0 Å². The molecule has 7 heteroatoms. The Morgan fingerprint density at radius 1 is 1.08 bits per heavy atom. The summed E-state index contributed by atoms with van der Waals surface area (Å²) in [6.07, 6.45) is 0.532. The smallest absolute Gasteiger partial charge is 0.252 e. The fraction of sp³-hybridized carbons (Fsp3) is 0.158. The highest BCUT2D eigenvalue weighted by molar-refractivity contribution is 7.71. The summed E-state index contributed by atoms with van der Waals surface area (Å²) >= 11 is 5.06. The molecule has 0 unspecified atom stereocenters. The second-order valence-corrected chi connectivity index (χ2v) is 6.14. The summed E-state index contributed by atoms with van der Waals surface area (Å²) < 4.78 is 2.29. The highest BCUT2D eigenvalue weighted by Crippen LogP contribution is 2.14. The second kappa shape index (κ2) is 7.88. The van der Waals surface area contributed by atoms with Gasteiger partial charge in [0.2, 0.25) is 0 Å². The van der Waals surface area contributed by atoms with E-state index in [0.717, 1.165) is 5.82 Å². The minimum absolute atomic E-state index is 0.175. The first kappa shape index (κ1) is 17.8. The van der Waals surface area contributed by atoms with Crippen molar-refractivity contribution in [2.75, 3.05) is 6.54 Å².